The van der Waals surface area contributed by atoms with Crippen molar-refractivity contribution in [2.75, 3.05) is 6.54 Å². The lowest BCUT2D eigenvalue weighted by atomic mass is 9.98. The Balaban J connectivity index is 2.40. The number of hydrogen-bond acceptors (Lipinski definition) is 3. The molecule has 0 fully saturated rings. The zero-order chi connectivity index (χ0) is 11.5. The Morgan fingerprint density at radius 2 is 2.00 bits per heavy atom. The van der Waals surface area contributed by atoms with Gasteiger partial charge in [0.15, 0.2) is 0 Å². The summed E-state index contributed by atoms with van der Waals surface area (Å²) in [6, 6.07) is 10.2. The van der Waals surface area contributed by atoms with E-state index in [-0.39, 0.29) is 5.92 Å². The van der Waals surface area contributed by atoms with Gasteiger partial charge in [-0.1, -0.05) is 30.3 Å². The van der Waals surface area contributed by atoms with E-state index in [1.165, 1.54) is 5.56 Å². The molecule has 16 heavy (non-hydrogen) atoms. The largest absolute Gasteiger partial charge is 0.329 e. The molecule has 0 spiro atoms. The predicted octanol–water partition coefficient (Wildman–Crippen LogP) is 1.21. The van der Waals surface area contributed by atoms with Gasteiger partial charge in [0.1, 0.15) is 11.6 Å². The van der Waals surface area contributed by atoms with Gasteiger partial charge in [0, 0.05) is 13.6 Å². The molecule has 0 aliphatic carbocycles. The van der Waals surface area contributed by atoms with Crippen LogP contribution < -0.4 is 5.73 Å². The van der Waals surface area contributed by atoms with Crippen molar-refractivity contribution in [3.05, 3.63) is 47.5 Å². The maximum Gasteiger partial charge on any atom is 0.147 e. The van der Waals surface area contributed by atoms with Crippen molar-refractivity contribution in [2.45, 2.75) is 12.8 Å². The quantitative estimate of drug-likeness (QED) is 0.839. The molecule has 84 valence electrons. The summed E-state index contributed by atoms with van der Waals surface area (Å²) < 4.78 is 1.81. The molecule has 0 saturated heterocycles. The van der Waals surface area contributed by atoms with Crippen LogP contribution in [-0.2, 0) is 7.05 Å². The van der Waals surface area contributed by atoms with Gasteiger partial charge in [-0.05, 0) is 12.5 Å². The molecule has 0 aliphatic heterocycles. The summed E-state index contributed by atoms with van der Waals surface area (Å²) in [6.45, 7) is 2.43. The zero-order valence-electron chi connectivity index (χ0n) is 9.59. The molecular weight excluding hydrogens is 200 g/mol. The highest BCUT2D eigenvalue weighted by Crippen LogP contribution is 2.21. The van der Waals surface area contributed by atoms with Gasteiger partial charge in [0.25, 0.3) is 0 Å². The first-order chi connectivity index (χ1) is 7.72. The molecule has 4 heteroatoms. The summed E-state index contributed by atoms with van der Waals surface area (Å²) in [5.41, 5.74) is 7.01. The first-order valence-electron chi connectivity index (χ1n) is 5.35. The van der Waals surface area contributed by atoms with Gasteiger partial charge < -0.3 is 5.73 Å². The van der Waals surface area contributed by atoms with E-state index in [1.54, 1.807) is 4.68 Å². The monoisotopic (exact) mass is 216 g/mol. The Bertz CT molecular complexity index is 461. The summed E-state index contributed by atoms with van der Waals surface area (Å²) in [4.78, 5) is 4.43. The number of rotatable bonds is 3. The number of hydrogen-bond donors (Lipinski definition) is 1. The average molecular weight is 216 g/mol. The van der Waals surface area contributed by atoms with E-state index in [4.69, 9.17) is 5.73 Å². The van der Waals surface area contributed by atoms with Crippen LogP contribution in [0.2, 0.25) is 0 Å². The van der Waals surface area contributed by atoms with Gasteiger partial charge in [-0.2, -0.15) is 5.10 Å². The molecule has 1 unspecified atom stereocenters. The topological polar surface area (TPSA) is 56.7 Å². The minimum Gasteiger partial charge on any atom is -0.329 e. The fraction of sp³-hybridized carbons (Fsp3) is 0.333. The van der Waals surface area contributed by atoms with Crippen molar-refractivity contribution >= 4 is 0 Å². The van der Waals surface area contributed by atoms with Crippen LogP contribution in [0.25, 0.3) is 0 Å². The lowest BCUT2D eigenvalue weighted by Gasteiger charge is -2.13. The van der Waals surface area contributed by atoms with Gasteiger partial charge in [0.2, 0.25) is 0 Å². The maximum absolute atomic E-state index is 5.83. The van der Waals surface area contributed by atoms with Crippen molar-refractivity contribution in [3.63, 3.8) is 0 Å². The highest BCUT2D eigenvalue weighted by Gasteiger charge is 2.17. The lowest BCUT2D eigenvalue weighted by molar-refractivity contribution is 0.648. The van der Waals surface area contributed by atoms with Crippen molar-refractivity contribution < 1.29 is 0 Å². The van der Waals surface area contributed by atoms with E-state index in [2.05, 4.69) is 22.2 Å². The van der Waals surface area contributed by atoms with Gasteiger partial charge in [-0.25, -0.2) is 4.98 Å². The number of benzene rings is 1. The smallest absolute Gasteiger partial charge is 0.147 e. The molecule has 1 aromatic carbocycles. The summed E-state index contributed by atoms with van der Waals surface area (Å²) in [5, 5.41) is 4.26. The van der Waals surface area contributed by atoms with E-state index >= 15 is 0 Å². The Hall–Kier alpha value is -1.68. The number of nitrogens with zero attached hydrogens (tertiary/aromatic N) is 3. The van der Waals surface area contributed by atoms with E-state index in [1.807, 2.05) is 32.2 Å². The minimum atomic E-state index is 0.118. The molecule has 0 radical (unpaired) electrons. The van der Waals surface area contributed by atoms with E-state index < -0.39 is 0 Å². The number of aromatic nitrogens is 3. The molecule has 0 saturated carbocycles. The third kappa shape index (κ3) is 1.97. The first kappa shape index (κ1) is 10.8. The van der Waals surface area contributed by atoms with Crippen molar-refractivity contribution in [1.29, 1.82) is 0 Å². The SMILES string of the molecule is Cc1nc(C(CN)c2ccccc2)n(C)n1. The second-order valence-electron chi connectivity index (χ2n) is 3.84. The first-order valence-corrected chi connectivity index (χ1v) is 5.35. The van der Waals surface area contributed by atoms with E-state index in [0.29, 0.717) is 6.54 Å². The minimum absolute atomic E-state index is 0.118. The van der Waals surface area contributed by atoms with Crippen molar-refractivity contribution in [2.24, 2.45) is 12.8 Å². The molecule has 1 heterocycles. The molecule has 0 bridgehead atoms. The standard InChI is InChI=1S/C12H16N4/c1-9-14-12(16(2)15-9)11(8-13)10-6-4-3-5-7-10/h3-7,11H,8,13H2,1-2H3. The number of aryl methyl sites for hydroxylation is 2. The van der Waals surface area contributed by atoms with Gasteiger partial charge in [-0.15, -0.1) is 0 Å². The fourth-order valence-electron chi connectivity index (χ4n) is 1.91. The summed E-state index contributed by atoms with van der Waals surface area (Å²) in [5.74, 6) is 1.82. The van der Waals surface area contributed by atoms with Gasteiger partial charge in [-0.3, -0.25) is 4.68 Å². The molecule has 0 aliphatic rings. The molecule has 1 atom stereocenters. The van der Waals surface area contributed by atoms with Gasteiger partial charge >= 0.3 is 0 Å². The average Bonchev–Trinajstić information content (AvgIpc) is 2.61. The maximum atomic E-state index is 5.83. The van der Waals surface area contributed by atoms with E-state index in [0.717, 1.165) is 11.6 Å². The van der Waals surface area contributed by atoms with Crippen LogP contribution in [0, 0.1) is 6.92 Å². The van der Waals surface area contributed by atoms with Crippen molar-refractivity contribution in [3.8, 4) is 0 Å². The molecule has 1 aromatic heterocycles. The van der Waals surface area contributed by atoms with Crippen LogP contribution in [0.15, 0.2) is 30.3 Å². The highest BCUT2D eigenvalue weighted by atomic mass is 15.3. The lowest BCUT2D eigenvalue weighted by Crippen LogP contribution is -2.18. The van der Waals surface area contributed by atoms with Crippen LogP contribution in [0.1, 0.15) is 23.1 Å². The van der Waals surface area contributed by atoms with Crippen LogP contribution in [0.3, 0.4) is 0 Å². The van der Waals surface area contributed by atoms with Crippen LogP contribution >= 0.6 is 0 Å². The highest BCUT2D eigenvalue weighted by molar-refractivity contribution is 5.26. The van der Waals surface area contributed by atoms with Crippen LogP contribution in [-0.4, -0.2) is 21.3 Å². The molecular formula is C12H16N4. The summed E-state index contributed by atoms with van der Waals surface area (Å²) in [6.07, 6.45) is 0. The molecule has 2 N–H and O–H groups in total. The zero-order valence-corrected chi connectivity index (χ0v) is 9.59. The Kier molecular flexibility index (Phi) is 3.01. The fourth-order valence-corrected chi connectivity index (χ4v) is 1.91. The van der Waals surface area contributed by atoms with Crippen LogP contribution in [0.4, 0.5) is 0 Å². The summed E-state index contributed by atoms with van der Waals surface area (Å²) >= 11 is 0. The van der Waals surface area contributed by atoms with Crippen LogP contribution in [0.5, 0.6) is 0 Å². The second-order valence-corrected chi connectivity index (χ2v) is 3.84. The predicted molar refractivity (Wildman–Crippen MR) is 63.1 cm³/mol. The van der Waals surface area contributed by atoms with E-state index in [9.17, 15) is 0 Å². The Morgan fingerprint density at radius 1 is 1.31 bits per heavy atom. The third-order valence-corrected chi connectivity index (χ3v) is 2.65. The molecule has 2 aromatic rings. The van der Waals surface area contributed by atoms with Gasteiger partial charge in [0.05, 0.1) is 5.92 Å². The van der Waals surface area contributed by atoms with Crippen molar-refractivity contribution in [1.82, 2.24) is 14.8 Å². The second kappa shape index (κ2) is 4.45. The third-order valence-electron chi connectivity index (χ3n) is 2.65. The Morgan fingerprint density at radius 3 is 2.50 bits per heavy atom. The summed E-state index contributed by atoms with van der Waals surface area (Å²) in [7, 11) is 1.90. The normalized spacial score (nSPS) is 12.7. The molecule has 0 amide bonds. The molecule has 4 nitrogen and oxygen atoms in total. The molecule has 2 rings (SSSR count). The Labute approximate surface area is 95.1 Å². The number of nitrogens with two attached hydrogens (primary N) is 1.